The summed E-state index contributed by atoms with van der Waals surface area (Å²) in [5.41, 5.74) is 3.21. The zero-order valence-corrected chi connectivity index (χ0v) is 14.4. The number of nitrogens with zero attached hydrogens (tertiary/aromatic N) is 4. The van der Waals surface area contributed by atoms with E-state index in [0.717, 1.165) is 62.3 Å². The van der Waals surface area contributed by atoms with Crippen LogP contribution in [-0.2, 0) is 4.79 Å². The van der Waals surface area contributed by atoms with Crippen molar-refractivity contribution in [2.45, 2.75) is 38.5 Å². The van der Waals surface area contributed by atoms with Gasteiger partial charge < -0.3 is 15.1 Å². The van der Waals surface area contributed by atoms with Gasteiger partial charge in [-0.2, -0.15) is 5.26 Å². The summed E-state index contributed by atoms with van der Waals surface area (Å²) in [5.74, 6) is 0.205. The van der Waals surface area contributed by atoms with Crippen LogP contribution in [0.1, 0.15) is 38.5 Å². The summed E-state index contributed by atoms with van der Waals surface area (Å²) in [5, 5.41) is 13.2. The van der Waals surface area contributed by atoms with Gasteiger partial charge in [-0.25, -0.2) is 0 Å². The van der Waals surface area contributed by atoms with Crippen LogP contribution in [0.5, 0.6) is 0 Å². The van der Waals surface area contributed by atoms with E-state index in [1.54, 1.807) is 12.4 Å². The number of hydrogen-bond acceptors (Lipinski definition) is 5. The van der Waals surface area contributed by atoms with E-state index in [2.05, 4.69) is 21.3 Å². The Balaban J connectivity index is 1.73. The predicted octanol–water partition coefficient (Wildman–Crippen LogP) is 2.86. The van der Waals surface area contributed by atoms with Gasteiger partial charge in [-0.3, -0.25) is 9.78 Å². The number of allylic oxidation sites excluding steroid dienone is 1. The van der Waals surface area contributed by atoms with Crippen LogP contribution >= 0.6 is 0 Å². The van der Waals surface area contributed by atoms with Crippen LogP contribution in [0.4, 0.5) is 11.4 Å². The number of aromatic nitrogens is 1. The van der Waals surface area contributed by atoms with Crippen LogP contribution < -0.4 is 10.2 Å². The van der Waals surface area contributed by atoms with E-state index in [1.165, 1.54) is 6.42 Å². The largest absolute Gasteiger partial charge is 0.364 e. The Morgan fingerprint density at radius 3 is 2.72 bits per heavy atom. The Kier molecular flexibility index (Phi) is 4.31. The molecule has 1 saturated heterocycles. The molecule has 1 aromatic rings. The molecule has 0 unspecified atom stereocenters. The Bertz CT molecular complexity index is 740. The van der Waals surface area contributed by atoms with E-state index in [0.29, 0.717) is 18.2 Å². The number of pyridine rings is 1. The smallest absolute Gasteiger partial charge is 0.266 e. The molecule has 1 aliphatic carbocycles. The van der Waals surface area contributed by atoms with Crippen LogP contribution in [-0.4, -0.2) is 35.5 Å². The van der Waals surface area contributed by atoms with Gasteiger partial charge in [-0.05, 0) is 38.2 Å². The van der Waals surface area contributed by atoms with Crippen molar-refractivity contribution in [2.24, 2.45) is 5.92 Å². The average molecular weight is 337 g/mol. The number of nitrogens with one attached hydrogen (secondary N) is 1. The lowest BCUT2D eigenvalue weighted by atomic mass is 9.80. The molecule has 0 radical (unpaired) electrons. The molecule has 2 fully saturated rings. The Morgan fingerprint density at radius 1 is 1.24 bits per heavy atom. The molecule has 0 bridgehead atoms. The van der Waals surface area contributed by atoms with Crippen LogP contribution in [0.25, 0.3) is 0 Å². The molecule has 0 atom stereocenters. The zero-order chi connectivity index (χ0) is 17.2. The summed E-state index contributed by atoms with van der Waals surface area (Å²) in [6.45, 7) is 2.12. The third-order valence-electron chi connectivity index (χ3n) is 5.52. The number of amides is 1. The molecule has 3 heterocycles. The summed E-state index contributed by atoms with van der Waals surface area (Å²) in [6.07, 6.45) is 10.0. The lowest BCUT2D eigenvalue weighted by Crippen LogP contribution is -2.39. The Labute approximate surface area is 148 Å². The minimum atomic E-state index is -0.0911. The maximum atomic E-state index is 13.1. The maximum absolute atomic E-state index is 13.1. The molecule has 3 aliphatic rings. The van der Waals surface area contributed by atoms with Gasteiger partial charge in [0, 0.05) is 30.9 Å². The summed E-state index contributed by atoms with van der Waals surface area (Å²) < 4.78 is 0. The van der Waals surface area contributed by atoms with E-state index < -0.39 is 0 Å². The average Bonchev–Trinajstić information content (AvgIpc) is 3.04. The number of piperidine rings is 1. The normalized spacial score (nSPS) is 20.9. The van der Waals surface area contributed by atoms with E-state index in [-0.39, 0.29) is 5.91 Å². The summed E-state index contributed by atoms with van der Waals surface area (Å²) in [4.78, 5) is 21.2. The van der Waals surface area contributed by atoms with E-state index in [9.17, 15) is 10.1 Å². The third-order valence-corrected chi connectivity index (χ3v) is 5.52. The fraction of sp³-hybridized carbons (Fsp3) is 0.526. The molecule has 1 N–H and O–H groups in total. The van der Waals surface area contributed by atoms with Gasteiger partial charge in [-0.15, -0.1) is 0 Å². The number of carbonyl (C=O) groups is 1. The monoisotopic (exact) mass is 337 g/mol. The first-order valence-electron chi connectivity index (χ1n) is 9.18. The number of rotatable bonds is 3. The molecular weight excluding hydrogens is 314 g/mol. The second-order valence-electron chi connectivity index (χ2n) is 7.01. The van der Waals surface area contributed by atoms with E-state index >= 15 is 0 Å². The molecule has 0 spiro atoms. The predicted molar refractivity (Wildman–Crippen MR) is 95.6 cm³/mol. The highest BCUT2D eigenvalue weighted by molar-refractivity contribution is 5.99. The van der Waals surface area contributed by atoms with Gasteiger partial charge in [0.1, 0.15) is 11.6 Å². The van der Waals surface area contributed by atoms with Crippen molar-refractivity contribution in [2.75, 3.05) is 30.0 Å². The molecule has 6 heteroatoms. The fourth-order valence-electron chi connectivity index (χ4n) is 3.93. The molecule has 1 aromatic heterocycles. The quantitative estimate of drug-likeness (QED) is 0.678. The van der Waals surface area contributed by atoms with Gasteiger partial charge in [0.05, 0.1) is 24.2 Å². The lowest BCUT2D eigenvalue weighted by Gasteiger charge is -2.36. The number of hydrogen-bond donors (Lipinski definition) is 1. The molecule has 4 rings (SSSR count). The first-order valence-corrected chi connectivity index (χ1v) is 9.18. The SMILES string of the molecule is N#CC(C(=O)N1CCCCC1)=C(C1CCC1)N1CNc2cnccc21. The van der Waals surface area contributed by atoms with Gasteiger partial charge in [-0.1, -0.05) is 6.42 Å². The highest BCUT2D eigenvalue weighted by Gasteiger charge is 2.36. The van der Waals surface area contributed by atoms with Crippen molar-refractivity contribution in [3.05, 3.63) is 29.7 Å². The van der Waals surface area contributed by atoms with Gasteiger partial charge in [0.15, 0.2) is 0 Å². The molecule has 1 saturated carbocycles. The van der Waals surface area contributed by atoms with Crippen molar-refractivity contribution < 1.29 is 4.79 Å². The van der Waals surface area contributed by atoms with Gasteiger partial charge >= 0.3 is 0 Å². The van der Waals surface area contributed by atoms with E-state index in [1.807, 2.05) is 11.0 Å². The topological polar surface area (TPSA) is 72.3 Å². The molecule has 1 amide bonds. The van der Waals surface area contributed by atoms with Crippen LogP contribution in [0.2, 0.25) is 0 Å². The van der Waals surface area contributed by atoms with Crippen molar-refractivity contribution in [1.82, 2.24) is 9.88 Å². The number of anilines is 2. The van der Waals surface area contributed by atoms with Crippen LogP contribution in [0, 0.1) is 17.2 Å². The van der Waals surface area contributed by atoms with Crippen molar-refractivity contribution >= 4 is 17.3 Å². The highest BCUT2D eigenvalue weighted by atomic mass is 16.2. The van der Waals surface area contributed by atoms with Crippen LogP contribution in [0.15, 0.2) is 29.7 Å². The minimum absolute atomic E-state index is 0.0911. The van der Waals surface area contributed by atoms with Crippen molar-refractivity contribution in [1.29, 1.82) is 5.26 Å². The summed E-state index contributed by atoms with van der Waals surface area (Å²) in [6, 6.07) is 4.21. The third kappa shape index (κ3) is 2.84. The molecule has 25 heavy (non-hydrogen) atoms. The molecular formula is C19H23N5O. The van der Waals surface area contributed by atoms with Crippen molar-refractivity contribution in [3.8, 4) is 6.07 Å². The van der Waals surface area contributed by atoms with Crippen molar-refractivity contribution in [3.63, 3.8) is 0 Å². The second kappa shape index (κ2) is 6.75. The van der Waals surface area contributed by atoms with Crippen LogP contribution in [0.3, 0.4) is 0 Å². The Hall–Kier alpha value is -2.55. The molecule has 6 nitrogen and oxygen atoms in total. The highest BCUT2D eigenvalue weighted by Crippen LogP contribution is 2.42. The minimum Gasteiger partial charge on any atom is -0.364 e. The van der Waals surface area contributed by atoms with Gasteiger partial charge in [0.25, 0.3) is 5.91 Å². The fourth-order valence-corrected chi connectivity index (χ4v) is 3.93. The number of nitriles is 1. The second-order valence-corrected chi connectivity index (χ2v) is 7.01. The molecule has 0 aromatic carbocycles. The van der Waals surface area contributed by atoms with Gasteiger partial charge in [0.2, 0.25) is 0 Å². The molecule has 2 aliphatic heterocycles. The summed E-state index contributed by atoms with van der Waals surface area (Å²) >= 11 is 0. The Morgan fingerprint density at radius 2 is 2.04 bits per heavy atom. The first kappa shape index (κ1) is 15.9. The standard InChI is InChI=1S/C19H23N5O/c20-11-15(19(25)23-9-2-1-3-10-23)18(14-5-4-6-14)24-13-22-16-12-21-8-7-17(16)24/h7-8,12,14,22H,1-6,9-10,13H2. The number of carbonyl (C=O) groups excluding carboxylic acids is 1. The number of likely N-dealkylation sites (tertiary alicyclic amines) is 1. The number of fused-ring (bicyclic) bond motifs is 1. The maximum Gasteiger partial charge on any atom is 0.266 e. The van der Waals surface area contributed by atoms with E-state index in [4.69, 9.17) is 0 Å². The first-order chi connectivity index (χ1) is 12.3. The summed E-state index contributed by atoms with van der Waals surface area (Å²) in [7, 11) is 0. The zero-order valence-electron chi connectivity index (χ0n) is 14.4. The lowest BCUT2D eigenvalue weighted by molar-refractivity contribution is -0.127. The molecule has 130 valence electrons.